The van der Waals surface area contributed by atoms with Crippen LogP contribution in [0, 0.1) is 10.1 Å². The zero-order valence-electron chi connectivity index (χ0n) is 16.1. The number of hydrogen-bond acceptors (Lipinski definition) is 7. The van der Waals surface area contributed by atoms with Crippen molar-refractivity contribution >= 4 is 35.3 Å². The van der Waals surface area contributed by atoms with Gasteiger partial charge in [-0.2, -0.15) is 0 Å². The molecule has 0 bridgehead atoms. The number of nitrogens with zero attached hydrogens (tertiary/aromatic N) is 2. The number of ether oxygens (including phenoxy) is 2. The maximum atomic E-state index is 13.0. The molecule has 2 aromatic carbocycles. The van der Waals surface area contributed by atoms with Gasteiger partial charge in [-0.25, -0.2) is 9.69 Å². The lowest BCUT2D eigenvalue weighted by Gasteiger charge is -2.27. The molecule has 30 heavy (non-hydrogen) atoms. The van der Waals surface area contributed by atoms with Crippen molar-refractivity contribution in [1.29, 1.82) is 0 Å². The third-order valence-electron chi connectivity index (χ3n) is 4.22. The molecule has 0 aliphatic carbocycles. The van der Waals surface area contributed by atoms with Crippen LogP contribution in [-0.2, 0) is 9.59 Å². The van der Waals surface area contributed by atoms with Crippen LogP contribution >= 0.6 is 0 Å². The molecule has 2 aromatic rings. The summed E-state index contributed by atoms with van der Waals surface area (Å²) >= 11 is 0. The molecular formula is C20H17N3O7. The lowest BCUT2D eigenvalue weighted by atomic mass is 10.1. The van der Waals surface area contributed by atoms with Crippen LogP contribution in [0.25, 0.3) is 6.08 Å². The van der Waals surface area contributed by atoms with E-state index in [4.69, 9.17) is 9.47 Å². The molecule has 0 unspecified atom stereocenters. The number of anilines is 1. The zero-order valence-corrected chi connectivity index (χ0v) is 16.1. The van der Waals surface area contributed by atoms with Crippen LogP contribution in [-0.4, -0.2) is 36.5 Å². The number of barbiturate groups is 1. The molecule has 154 valence electrons. The quantitative estimate of drug-likeness (QED) is 0.335. The minimum atomic E-state index is -0.921. The van der Waals surface area contributed by atoms with E-state index in [1.807, 2.05) is 0 Å². The van der Waals surface area contributed by atoms with E-state index in [0.29, 0.717) is 6.61 Å². The number of benzene rings is 2. The van der Waals surface area contributed by atoms with Crippen molar-refractivity contribution in [1.82, 2.24) is 5.32 Å². The molecule has 0 atom stereocenters. The van der Waals surface area contributed by atoms with Gasteiger partial charge in [0.2, 0.25) is 0 Å². The van der Waals surface area contributed by atoms with Crippen molar-refractivity contribution in [3.63, 3.8) is 0 Å². The Labute approximate surface area is 170 Å². The summed E-state index contributed by atoms with van der Waals surface area (Å²) in [5, 5.41) is 13.3. The Balaban J connectivity index is 2.05. The minimum Gasteiger partial charge on any atom is -0.492 e. The number of imide groups is 2. The molecule has 1 aliphatic heterocycles. The van der Waals surface area contributed by atoms with E-state index in [-0.39, 0.29) is 34.0 Å². The van der Waals surface area contributed by atoms with Gasteiger partial charge in [0.05, 0.1) is 24.3 Å². The SMILES string of the molecule is CCOc1ccccc1N1C(=O)NC(=O)/C(=C\c2ccc(OC)c([N+](=O)[O-])c2)C1=O. The Morgan fingerprint density at radius 1 is 1.13 bits per heavy atom. The molecule has 10 nitrogen and oxygen atoms in total. The number of nitrogens with one attached hydrogen (secondary N) is 1. The van der Waals surface area contributed by atoms with Crippen LogP contribution in [0.1, 0.15) is 12.5 Å². The predicted octanol–water partition coefficient (Wildman–Crippen LogP) is 2.67. The molecule has 1 aliphatic rings. The summed E-state index contributed by atoms with van der Waals surface area (Å²) in [6, 6.07) is 9.44. The Hall–Kier alpha value is -4.21. The zero-order chi connectivity index (χ0) is 21.8. The number of carbonyl (C=O) groups is 3. The van der Waals surface area contributed by atoms with Crippen LogP contribution in [0.2, 0.25) is 0 Å². The molecule has 3 rings (SSSR count). The monoisotopic (exact) mass is 411 g/mol. The second kappa shape index (κ2) is 8.43. The van der Waals surface area contributed by atoms with Crippen molar-refractivity contribution in [2.75, 3.05) is 18.6 Å². The van der Waals surface area contributed by atoms with E-state index in [2.05, 4.69) is 5.32 Å². The Morgan fingerprint density at radius 3 is 2.53 bits per heavy atom. The van der Waals surface area contributed by atoms with Crippen molar-refractivity contribution < 1.29 is 28.8 Å². The lowest BCUT2D eigenvalue weighted by molar-refractivity contribution is -0.385. The van der Waals surface area contributed by atoms with Gasteiger partial charge in [0.1, 0.15) is 11.3 Å². The van der Waals surface area contributed by atoms with E-state index < -0.39 is 22.8 Å². The number of para-hydroxylation sites is 2. The summed E-state index contributed by atoms with van der Waals surface area (Å²) in [5.74, 6) is -1.47. The summed E-state index contributed by atoms with van der Waals surface area (Å²) in [4.78, 5) is 49.1. The van der Waals surface area contributed by atoms with Gasteiger partial charge in [0.15, 0.2) is 5.75 Å². The number of urea groups is 1. The van der Waals surface area contributed by atoms with Crippen molar-refractivity contribution in [3.8, 4) is 11.5 Å². The number of rotatable bonds is 6. The highest BCUT2D eigenvalue weighted by Crippen LogP contribution is 2.32. The van der Waals surface area contributed by atoms with Crippen molar-refractivity contribution in [2.24, 2.45) is 0 Å². The normalized spacial score (nSPS) is 15.2. The first-order chi connectivity index (χ1) is 14.4. The molecule has 4 amide bonds. The average molecular weight is 411 g/mol. The molecule has 1 N–H and O–H groups in total. The Bertz CT molecular complexity index is 1080. The third kappa shape index (κ3) is 3.83. The average Bonchev–Trinajstić information content (AvgIpc) is 2.72. The fourth-order valence-electron chi connectivity index (χ4n) is 2.90. The largest absolute Gasteiger partial charge is 0.492 e. The number of nitro groups is 1. The maximum absolute atomic E-state index is 13.0. The number of amides is 4. The van der Waals surface area contributed by atoms with E-state index in [1.54, 1.807) is 25.1 Å². The van der Waals surface area contributed by atoms with Crippen LogP contribution in [0.5, 0.6) is 11.5 Å². The van der Waals surface area contributed by atoms with E-state index >= 15 is 0 Å². The number of nitro benzene ring substituents is 1. The van der Waals surface area contributed by atoms with Crippen molar-refractivity contribution in [3.05, 3.63) is 63.7 Å². The first-order valence-corrected chi connectivity index (χ1v) is 8.83. The maximum Gasteiger partial charge on any atom is 0.336 e. The fourth-order valence-corrected chi connectivity index (χ4v) is 2.90. The summed E-state index contributed by atoms with van der Waals surface area (Å²) in [5.41, 5.74) is -0.306. The predicted molar refractivity (Wildman–Crippen MR) is 106 cm³/mol. The van der Waals surface area contributed by atoms with E-state index in [1.165, 1.54) is 37.5 Å². The third-order valence-corrected chi connectivity index (χ3v) is 4.22. The number of carbonyl (C=O) groups excluding carboxylic acids is 3. The molecule has 10 heteroatoms. The van der Waals surface area contributed by atoms with Gasteiger partial charge in [0.25, 0.3) is 11.8 Å². The molecule has 0 spiro atoms. The number of methoxy groups -OCH3 is 1. The Kier molecular flexibility index (Phi) is 5.77. The Morgan fingerprint density at radius 2 is 1.87 bits per heavy atom. The molecule has 0 radical (unpaired) electrons. The summed E-state index contributed by atoms with van der Waals surface area (Å²) in [6.07, 6.45) is 1.17. The van der Waals surface area contributed by atoms with Crippen LogP contribution < -0.4 is 19.7 Å². The van der Waals surface area contributed by atoms with E-state index in [0.717, 1.165) is 4.90 Å². The van der Waals surface area contributed by atoms with Gasteiger partial charge in [-0.05, 0) is 36.8 Å². The lowest BCUT2D eigenvalue weighted by Crippen LogP contribution is -2.54. The van der Waals surface area contributed by atoms with Gasteiger partial charge in [-0.3, -0.25) is 25.0 Å². The van der Waals surface area contributed by atoms with Crippen LogP contribution in [0.4, 0.5) is 16.2 Å². The molecule has 1 fully saturated rings. The van der Waals surface area contributed by atoms with E-state index in [9.17, 15) is 24.5 Å². The van der Waals surface area contributed by atoms with Crippen LogP contribution in [0.3, 0.4) is 0 Å². The second-order valence-corrected chi connectivity index (χ2v) is 6.05. The van der Waals surface area contributed by atoms with Gasteiger partial charge in [-0.1, -0.05) is 18.2 Å². The van der Waals surface area contributed by atoms with Gasteiger partial charge >= 0.3 is 11.7 Å². The van der Waals surface area contributed by atoms with Gasteiger partial charge in [-0.15, -0.1) is 0 Å². The highest BCUT2D eigenvalue weighted by molar-refractivity contribution is 6.39. The standard InChI is InChI=1S/C20H17N3O7/c1-3-30-17-7-5-4-6-14(17)22-19(25)13(18(24)21-20(22)26)10-12-8-9-16(29-2)15(11-12)23(27)28/h4-11H,3H2,1-2H3,(H,21,24,26)/b13-10+. The minimum absolute atomic E-state index is 0.0315. The molecule has 1 saturated heterocycles. The summed E-state index contributed by atoms with van der Waals surface area (Å²) in [7, 11) is 1.29. The molecule has 1 heterocycles. The smallest absolute Gasteiger partial charge is 0.336 e. The highest BCUT2D eigenvalue weighted by atomic mass is 16.6. The summed E-state index contributed by atoms with van der Waals surface area (Å²) in [6.45, 7) is 2.05. The first-order valence-electron chi connectivity index (χ1n) is 8.83. The number of hydrogen-bond donors (Lipinski definition) is 1. The summed E-state index contributed by atoms with van der Waals surface area (Å²) < 4.78 is 10.4. The van der Waals surface area contributed by atoms with Crippen LogP contribution in [0.15, 0.2) is 48.0 Å². The fraction of sp³-hybridized carbons (Fsp3) is 0.150. The van der Waals surface area contributed by atoms with Gasteiger partial charge < -0.3 is 9.47 Å². The van der Waals surface area contributed by atoms with Gasteiger partial charge in [0, 0.05) is 6.07 Å². The first kappa shape index (κ1) is 20.5. The van der Waals surface area contributed by atoms with Crippen molar-refractivity contribution in [2.45, 2.75) is 6.92 Å². The molecular weight excluding hydrogens is 394 g/mol. The highest BCUT2D eigenvalue weighted by Gasteiger charge is 2.38. The second-order valence-electron chi connectivity index (χ2n) is 6.05. The molecule has 0 aromatic heterocycles. The topological polar surface area (TPSA) is 128 Å². The molecule has 0 saturated carbocycles.